The van der Waals surface area contributed by atoms with Crippen molar-refractivity contribution in [3.05, 3.63) is 29.8 Å². The number of nitrogens with zero attached hydrogens (tertiary/aromatic N) is 6. The number of ether oxygens (including phenoxy) is 1. The molecule has 4 aromatic rings. The fourth-order valence-electron chi connectivity index (χ4n) is 6.10. The third-order valence-electron chi connectivity index (χ3n) is 7.81. The molecule has 2 unspecified atom stereocenters. The van der Waals surface area contributed by atoms with E-state index >= 15 is 0 Å². The number of imidazole rings is 1. The second kappa shape index (κ2) is 6.76. The highest BCUT2D eigenvalue weighted by molar-refractivity contribution is 5.88. The lowest BCUT2D eigenvalue weighted by atomic mass is 9.90. The molecule has 8 nitrogen and oxygen atoms in total. The summed E-state index contributed by atoms with van der Waals surface area (Å²) < 4.78 is 8.30. The zero-order valence-electron chi connectivity index (χ0n) is 19.4. The molecule has 2 fully saturated rings. The van der Waals surface area contributed by atoms with Gasteiger partial charge >= 0.3 is 0 Å². The molecule has 3 aliphatic rings. The van der Waals surface area contributed by atoms with Crippen LogP contribution in [0.4, 0.5) is 5.82 Å². The predicted molar refractivity (Wildman–Crippen MR) is 127 cm³/mol. The van der Waals surface area contributed by atoms with Gasteiger partial charge < -0.3 is 19.2 Å². The quantitative estimate of drug-likeness (QED) is 0.497. The summed E-state index contributed by atoms with van der Waals surface area (Å²) in [6, 6.07) is 2.70. The minimum Gasteiger partial charge on any atom is -0.366 e. The van der Waals surface area contributed by atoms with Crippen molar-refractivity contribution in [2.45, 2.75) is 64.6 Å². The van der Waals surface area contributed by atoms with Crippen LogP contribution in [0.15, 0.2) is 18.5 Å². The lowest BCUT2D eigenvalue weighted by Crippen LogP contribution is -2.33. The number of rotatable bonds is 2. The van der Waals surface area contributed by atoms with Gasteiger partial charge in [-0.15, -0.1) is 0 Å². The van der Waals surface area contributed by atoms with E-state index in [-0.39, 0.29) is 0 Å². The molecule has 4 aromatic heterocycles. The second-order valence-corrected chi connectivity index (χ2v) is 10.4. The molecule has 33 heavy (non-hydrogen) atoms. The Morgan fingerprint density at radius 2 is 2.09 bits per heavy atom. The SMILES string of the molecule is Cc1c[nH]c2ncc(-c3nc(N4CC5CCCC4C5)c4nc5n(c4n3)CCOC5(C)C)cc12. The number of aryl methyl sites for hydroxylation is 1. The molecule has 170 valence electrons. The maximum atomic E-state index is 6.06. The smallest absolute Gasteiger partial charge is 0.166 e. The number of aromatic amines is 1. The third-order valence-corrected chi connectivity index (χ3v) is 7.81. The molecule has 2 atom stereocenters. The molecule has 7 rings (SSSR count). The van der Waals surface area contributed by atoms with Gasteiger partial charge in [0.25, 0.3) is 0 Å². The summed E-state index contributed by atoms with van der Waals surface area (Å²) in [5.74, 6) is 3.40. The molecule has 0 radical (unpaired) electrons. The molecular weight excluding hydrogens is 414 g/mol. The van der Waals surface area contributed by atoms with Crippen LogP contribution in [0.1, 0.15) is 50.9 Å². The van der Waals surface area contributed by atoms with Gasteiger partial charge in [-0.25, -0.2) is 19.9 Å². The van der Waals surface area contributed by atoms with Gasteiger partial charge in [0.15, 0.2) is 22.8 Å². The minimum absolute atomic E-state index is 0.444. The molecule has 0 spiro atoms. The van der Waals surface area contributed by atoms with Crippen LogP contribution in [0.25, 0.3) is 33.6 Å². The van der Waals surface area contributed by atoms with E-state index in [4.69, 9.17) is 19.7 Å². The minimum atomic E-state index is -0.444. The number of aromatic nitrogens is 6. The summed E-state index contributed by atoms with van der Waals surface area (Å²) in [6.07, 6.45) is 9.00. The first-order valence-corrected chi connectivity index (χ1v) is 12.1. The largest absolute Gasteiger partial charge is 0.366 e. The number of anilines is 1. The first kappa shape index (κ1) is 19.5. The van der Waals surface area contributed by atoms with Gasteiger partial charge in [0.05, 0.1) is 6.61 Å². The van der Waals surface area contributed by atoms with Gasteiger partial charge in [0, 0.05) is 42.5 Å². The molecule has 2 aliphatic heterocycles. The molecule has 6 heterocycles. The van der Waals surface area contributed by atoms with Gasteiger partial charge in [-0.1, -0.05) is 6.42 Å². The van der Waals surface area contributed by atoms with Crippen molar-refractivity contribution < 1.29 is 4.74 Å². The van der Waals surface area contributed by atoms with Crippen molar-refractivity contribution >= 4 is 28.0 Å². The number of hydrogen-bond acceptors (Lipinski definition) is 6. The normalized spacial score (nSPS) is 24.0. The molecule has 0 aromatic carbocycles. The third kappa shape index (κ3) is 2.86. The Hall–Kier alpha value is -3.00. The summed E-state index contributed by atoms with van der Waals surface area (Å²) in [4.78, 5) is 25.8. The first-order valence-electron chi connectivity index (χ1n) is 12.1. The van der Waals surface area contributed by atoms with Gasteiger partial charge in [0.1, 0.15) is 17.1 Å². The zero-order valence-corrected chi connectivity index (χ0v) is 19.4. The van der Waals surface area contributed by atoms with E-state index in [1.807, 2.05) is 12.4 Å². The number of nitrogens with one attached hydrogen (secondary N) is 1. The van der Waals surface area contributed by atoms with Gasteiger partial charge in [-0.3, -0.25) is 0 Å². The Balaban J connectivity index is 1.47. The standard InChI is InChI=1S/C25H29N7O/c1-14-11-26-21-18(14)10-16(12-27-21)20-29-22-19(28-24-25(2,3)33-8-7-31(22)24)23(30-20)32-13-15-5-4-6-17(32)9-15/h10-12,15,17H,4-9,13H2,1-3H3,(H,26,27). The molecule has 8 heteroatoms. The number of H-pyrrole nitrogens is 1. The Morgan fingerprint density at radius 3 is 2.97 bits per heavy atom. The topological polar surface area (TPSA) is 84.8 Å². The average Bonchev–Trinajstić information content (AvgIpc) is 3.47. The van der Waals surface area contributed by atoms with E-state index in [9.17, 15) is 0 Å². The lowest BCUT2D eigenvalue weighted by Gasteiger charge is -2.30. The zero-order chi connectivity index (χ0) is 22.3. The maximum absolute atomic E-state index is 6.06. The first-order chi connectivity index (χ1) is 16.0. The molecule has 1 saturated heterocycles. The Labute approximate surface area is 192 Å². The molecule has 1 aliphatic carbocycles. The van der Waals surface area contributed by atoms with Crippen molar-refractivity contribution in [2.24, 2.45) is 5.92 Å². The highest BCUT2D eigenvalue weighted by Crippen LogP contribution is 2.41. The van der Waals surface area contributed by atoms with E-state index in [0.717, 1.165) is 64.2 Å². The van der Waals surface area contributed by atoms with E-state index < -0.39 is 5.60 Å². The number of hydrogen-bond donors (Lipinski definition) is 1. The highest BCUT2D eigenvalue weighted by atomic mass is 16.5. The average molecular weight is 444 g/mol. The van der Waals surface area contributed by atoms with Gasteiger partial charge in [0.2, 0.25) is 0 Å². The Morgan fingerprint density at radius 1 is 1.18 bits per heavy atom. The molecule has 1 N–H and O–H groups in total. The highest BCUT2D eigenvalue weighted by Gasteiger charge is 2.39. The van der Waals surface area contributed by atoms with Crippen molar-refractivity contribution in [3.8, 4) is 11.4 Å². The van der Waals surface area contributed by atoms with Crippen molar-refractivity contribution in [1.29, 1.82) is 0 Å². The van der Waals surface area contributed by atoms with Crippen LogP contribution in [0.3, 0.4) is 0 Å². The maximum Gasteiger partial charge on any atom is 0.166 e. The van der Waals surface area contributed by atoms with Crippen LogP contribution < -0.4 is 4.90 Å². The fraction of sp³-hybridized carbons (Fsp3) is 0.520. The van der Waals surface area contributed by atoms with Crippen LogP contribution in [-0.4, -0.2) is 48.7 Å². The molecule has 1 saturated carbocycles. The summed E-state index contributed by atoms with van der Waals surface area (Å²) in [5, 5.41) is 1.11. The predicted octanol–water partition coefficient (Wildman–Crippen LogP) is 4.32. The Kier molecular flexibility index (Phi) is 3.99. The molecule has 2 bridgehead atoms. The van der Waals surface area contributed by atoms with E-state index in [2.05, 4.69) is 46.3 Å². The summed E-state index contributed by atoms with van der Waals surface area (Å²) in [6.45, 7) is 8.75. The van der Waals surface area contributed by atoms with Gasteiger partial charge in [-0.2, -0.15) is 0 Å². The molecular formula is C25H29N7O. The summed E-state index contributed by atoms with van der Waals surface area (Å²) in [5.41, 5.74) is 4.39. The van der Waals surface area contributed by atoms with E-state index in [1.54, 1.807) is 0 Å². The van der Waals surface area contributed by atoms with Crippen LogP contribution in [0.5, 0.6) is 0 Å². The monoisotopic (exact) mass is 443 g/mol. The van der Waals surface area contributed by atoms with Crippen LogP contribution in [-0.2, 0) is 16.9 Å². The van der Waals surface area contributed by atoms with Crippen molar-refractivity contribution in [1.82, 2.24) is 29.5 Å². The van der Waals surface area contributed by atoms with Crippen LogP contribution >= 0.6 is 0 Å². The van der Waals surface area contributed by atoms with Crippen LogP contribution in [0.2, 0.25) is 0 Å². The van der Waals surface area contributed by atoms with E-state index in [1.165, 1.54) is 31.2 Å². The second-order valence-electron chi connectivity index (χ2n) is 10.4. The lowest BCUT2D eigenvalue weighted by molar-refractivity contribution is -0.0530. The number of fused-ring (bicyclic) bond motifs is 6. The van der Waals surface area contributed by atoms with Crippen molar-refractivity contribution in [2.75, 3.05) is 18.1 Å². The van der Waals surface area contributed by atoms with Crippen molar-refractivity contribution in [3.63, 3.8) is 0 Å². The van der Waals surface area contributed by atoms with E-state index in [0.29, 0.717) is 12.6 Å². The Bertz CT molecular complexity index is 1400. The van der Waals surface area contributed by atoms with Gasteiger partial charge in [-0.05, 0) is 57.6 Å². The summed E-state index contributed by atoms with van der Waals surface area (Å²) >= 11 is 0. The summed E-state index contributed by atoms with van der Waals surface area (Å²) in [7, 11) is 0. The van der Waals surface area contributed by atoms with Crippen LogP contribution in [0, 0.1) is 12.8 Å². The molecule has 0 amide bonds. The fourth-order valence-corrected chi connectivity index (χ4v) is 6.10. The number of pyridine rings is 1.